The van der Waals surface area contributed by atoms with E-state index in [1.807, 2.05) is 0 Å². The molecule has 0 radical (unpaired) electrons. The van der Waals surface area contributed by atoms with Gasteiger partial charge in [-0.15, -0.1) is 0 Å². The summed E-state index contributed by atoms with van der Waals surface area (Å²) < 4.78 is 98.0. The third-order valence-electron chi connectivity index (χ3n) is 2.15. The number of hydrogen-bond donors (Lipinski definition) is 0. The molecule has 0 heterocycles. The Bertz CT molecular complexity index is 686. The van der Waals surface area contributed by atoms with Gasteiger partial charge >= 0.3 is 0 Å². The van der Waals surface area contributed by atoms with Crippen molar-refractivity contribution < 1.29 is 16.4 Å². The maximum Gasteiger partial charge on any atom is 0.0352 e. The van der Waals surface area contributed by atoms with Crippen LogP contribution in [0.3, 0.4) is 0 Å². The van der Waals surface area contributed by atoms with Crippen LogP contribution in [0, 0.1) is 11.8 Å². The summed E-state index contributed by atoms with van der Waals surface area (Å²) in [4.78, 5) is 0. The molecule has 64 valence electrons. The molecule has 1 fully saturated rings. The van der Waals surface area contributed by atoms with Gasteiger partial charge in [-0.25, -0.2) is 0 Å². The van der Waals surface area contributed by atoms with Crippen LogP contribution in [0.2, 0.25) is 0 Å². The van der Waals surface area contributed by atoms with E-state index >= 15 is 0 Å². The largest absolute Gasteiger partial charge is 0.0837 e. The van der Waals surface area contributed by atoms with E-state index in [0.29, 0.717) is 0 Å². The fourth-order valence-electron chi connectivity index (χ4n) is 1.60. The van der Waals surface area contributed by atoms with E-state index in [9.17, 15) is 0 Å². The quantitative estimate of drug-likeness (QED) is 0.525. The summed E-state index contributed by atoms with van der Waals surface area (Å²) >= 11 is 0. The zero-order valence-corrected chi connectivity index (χ0v) is 6.36. The molecule has 0 nitrogen and oxygen atoms in total. The Labute approximate surface area is 91.2 Å². The van der Waals surface area contributed by atoms with Crippen molar-refractivity contribution in [3.8, 4) is 0 Å². The van der Waals surface area contributed by atoms with E-state index in [4.69, 9.17) is 16.4 Å². The van der Waals surface area contributed by atoms with E-state index < -0.39 is 54.8 Å². The van der Waals surface area contributed by atoms with E-state index in [-0.39, 0.29) is 6.42 Å². The second kappa shape index (κ2) is 2.48. The second-order valence-corrected chi connectivity index (χ2v) is 2.87. The first-order chi connectivity index (χ1) is 10.5. The van der Waals surface area contributed by atoms with Gasteiger partial charge in [-0.05, 0) is 49.3 Å². The monoisotopic (exact) mass is 172 g/mol. The predicted molar refractivity (Wildman–Crippen MR) is 50.8 cm³/mol. The highest BCUT2D eigenvalue weighted by Crippen LogP contribution is 2.48. The minimum atomic E-state index is -3.40. The van der Waals surface area contributed by atoms with Gasteiger partial charge in [-0.2, -0.15) is 0 Å². The molecule has 0 aromatic carbocycles. The lowest BCUT2D eigenvalue weighted by molar-refractivity contribution is 0.371. The van der Waals surface area contributed by atoms with E-state index in [0.717, 1.165) is 0 Å². The van der Waals surface area contributed by atoms with Crippen molar-refractivity contribution in [3.63, 3.8) is 0 Å². The van der Waals surface area contributed by atoms with Crippen molar-refractivity contribution in [3.05, 3.63) is 23.3 Å². The van der Waals surface area contributed by atoms with E-state index in [1.165, 1.54) is 12.2 Å². The van der Waals surface area contributed by atoms with E-state index in [1.54, 1.807) is 0 Å². The average Bonchev–Trinajstić information content (AvgIpc) is 2.55. The molecule has 0 N–H and O–H groups in total. The third-order valence-corrected chi connectivity index (χ3v) is 2.15. The molecule has 0 aliphatic heterocycles. The Hall–Kier alpha value is -0.520. The van der Waals surface area contributed by atoms with Crippen molar-refractivity contribution in [2.24, 2.45) is 11.8 Å². The minimum Gasteiger partial charge on any atom is -0.0837 e. The van der Waals surface area contributed by atoms with Crippen LogP contribution in [0.15, 0.2) is 23.3 Å². The maximum atomic E-state index is 8.55. The molecule has 0 saturated heterocycles. The minimum absolute atomic E-state index is 0.388. The molecule has 3 aliphatic carbocycles. The number of allylic oxidation sites excluding steroid dienone is 4. The zero-order valence-electron chi connectivity index (χ0n) is 18.4. The van der Waals surface area contributed by atoms with Gasteiger partial charge in [0, 0.05) is 16.4 Å². The van der Waals surface area contributed by atoms with Crippen LogP contribution < -0.4 is 0 Å². The number of rotatable bonds is 0. The van der Waals surface area contributed by atoms with Crippen LogP contribution in [0.5, 0.6) is 0 Å². The molecule has 1 saturated carbocycles. The molecule has 2 unspecified atom stereocenters. The molecule has 0 spiro atoms. The summed E-state index contributed by atoms with van der Waals surface area (Å²) in [7, 11) is 0. The second-order valence-electron chi connectivity index (χ2n) is 2.87. The van der Waals surface area contributed by atoms with Crippen LogP contribution in [0.25, 0.3) is 0 Å². The van der Waals surface area contributed by atoms with Crippen molar-refractivity contribution in [2.75, 3.05) is 0 Å². The maximum absolute atomic E-state index is 8.55. The van der Waals surface area contributed by atoms with Gasteiger partial charge in [0.15, 0.2) is 0 Å². The van der Waals surface area contributed by atoms with Gasteiger partial charge in [-0.3, -0.25) is 0 Å². The van der Waals surface area contributed by atoms with Crippen molar-refractivity contribution in [2.45, 2.75) is 38.3 Å². The summed E-state index contributed by atoms with van der Waals surface area (Å²) in [5, 5.41) is 0. The van der Waals surface area contributed by atoms with Crippen LogP contribution in [-0.2, 0) is 0 Å². The molecule has 0 bridgehead atoms. The lowest BCUT2D eigenvalue weighted by Gasteiger charge is -2.31. The summed E-state index contributed by atoms with van der Waals surface area (Å²) in [5.41, 5.74) is -1.05. The average molecular weight is 172 g/mol. The summed E-state index contributed by atoms with van der Waals surface area (Å²) in [6.07, 6.45) is -13.8. The molecule has 0 amide bonds. The predicted octanol–water partition coefficient (Wildman–Crippen LogP) is 3.45. The van der Waals surface area contributed by atoms with Crippen molar-refractivity contribution in [1.29, 1.82) is 0 Å². The smallest absolute Gasteiger partial charge is 0.0352 e. The normalized spacial score (nSPS) is 86.7. The van der Waals surface area contributed by atoms with Crippen molar-refractivity contribution >= 4 is 0 Å². The molecule has 12 heavy (non-hydrogen) atoms. The lowest BCUT2D eigenvalue weighted by Crippen LogP contribution is -2.18. The fourth-order valence-corrected chi connectivity index (χ4v) is 1.60. The lowest BCUT2D eigenvalue weighted by atomic mass is 9.74. The third kappa shape index (κ3) is 0.840. The molecule has 3 aliphatic rings. The molecule has 2 atom stereocenters. The molecule has 0 heteroatoms. The molecular formula is C12H16. The molecule has 3 rings (SSSR count). The van der Waals surface area contributed by atoms with E-state index in [2.05, 4.69) is 0 Å². The highest BCUT2D eigenvalue weighted by Gasteiger charge is 2.33. The van der Waals surface area contributed by atoms with Gasteiger partial charge in [0.05, 0.1) is 0 Å². The van der Waals surface area contributed by atoms with Crippen LogP contribution in [0.4, 0.5) is 0 Å². The Kier molecular flexibility index (Phi) is 0.402. The highest BCUT2D eigenvalue weighted by molar-refractivity contribution is 5.37. The topological polar surface area (TPSA) is 0 Å². The van der Waals surface area contributed by atoms with Crippen LogP contribution in [-0.4, -0.2) is 0 Å². The summed E-state index contributed by atoms with van der Waals surface area (Å²) in [5.74, 6) is -5.54. The molecule has 0 aromatic heterocycles. The first-order valence-corrected chi connectivity index (χ1v) is 3.88. The van der Waals surface area contributed by atoms with Gasteiger partial charge in [0.1, 0.15) is 0 Å². The van der Waals surface area contributed by atoms with Gasteiger partial charge in [0.25, 0.3) is 0 Å². The van der Waals surface area contributed by atoms with Gasteiger partial charge in [-0.1, -0.05) is 24.1 Å². The fraction of sp³-hybridized carbons (Fsp3) is 0.667. The molecule has 0 aromatic rings. The Morgan fingerprint density at radius 2 is 2.25 bits per heavy atom. The summed E-state index contributed by atoms with van der Waals surface area (Å²) in [6, 6.07) is 0. The highest BCUT2D eigenvalue weighted by atomic mass is 14.4. The van der Waals surface area contributed by atoms with Crippen LogP contribution >= 0.6 is 0 Å². The SMILES string of the molecule is [2H]C1([2H])C2=C3C([2H])(CC=C2)C([2H])([2H])C([2H])([2H])C([2H])([2H])C3([2H])C1([2H])[2H]. The standard InChI is InChI=1S/C12H16/c1-3-9-4-2-6-11-8-7-10(5-1)12(9)11/h1,5,9,11H,2-4,6-8H2/i2D2,4D2,6D2,7D2,8D2,9D,11D. The first-order valence-electron chi connectivity index (χ1n) is 9.88. The Morgan fingerprint density at radius 3 is 3.25 bits per heavy atom. The van der Waals surface area contributed by atoms with Crippen LogP contribution in [0.1, 0.15) is 54.7 Å². The van der Waals surface area contributed by atoms with Gasteiger partial charge < -0.3 is 0 Å². The van der Waals surface area contributed by atoms with Gasteiger partial charge in [0.2, 0.25) is 0 Å². The number of hydrogen-bond acceptors (Lipinski definition) is 0. The Balaban J connectivity index is 2.53. The molecular weight excluding hydrogens is 144 g/mol. The first kappa shape index (κ1) is 1.94. The Morgan fingerprint density at radius 1 is 1.33 bits per heavy atom. The zero-order chi connectivity index (χ0) is 18.8. The van der Waals surface area contributed by atoms with Crippen molar-refractivity contribution in [1.82, 2.24) is 0 Å². The summed E-state index contributed by atoms with van der Waals surface area (Å²) in [6.45, 7) is 0.